The van der Waals surface area contributed by atoms with Crippen LogP contribution in [0.5, 0.6) is 5.75 Å². The number of phenolic OH excluding ortho intramolecular Hbond substituents is 1. The van der Waals surface area contributed by atoms with E-state index in [1.165, 1.54) is 12.1 Å². The lowest BCUT2D eigenvalue weighted by atomic mass is 10.3. The van der Waals surface area contributed by atoms with Crippen LogP contribution in [-0.2, 0) is 4.79 Å². The smallest absolute Gasteiger partial charge is 0.211 e. The van der Waals surface area contributed by atoms with Gasteiger partial charge in [-0.05, 0) is 12.1 Å². The third kappa shape index (κ3) is 1.48. The van der Waals surface area contributed by atoms with Crippen LogP contribution in [0.15, 0.2) is 12.1 Å². The minimum absolute atomic E-state index is 0.0622. The first-order valence-electron chi connectivity index (χ1n) is 3.04. The number of rotatable bonds is 2. The molecule has 0 spiro atoms. The zero-order valence-electron chi connectivity index (χ0n) is 5.84. The van der Waals surface area contributed by atoms with Crippen LogP contribution in [0, 0.1) is 5.82 Å². The molecule has 0 aromatic heterocycles. The summed E-state index contributed by atoms with van der Waals surface area (Å²) in [4.78, 5) is 9.94. The van der Waals surface area contributed by atoms with Crippen LogP contribution in [0.4, 0.5) is 10.1 Å². The van der Waals surface area contributed by atoms with Gasteiger partial charge in [0.2, 0.25) is 6.41 Å². The second-order valence-corrected chi connectivity index (χ2v) is 2.40. The number of halogens is 2. The second-order valence-electron chi connectivity index (χ2n) is 2.02. The molecule has 12 heavy (non-hydrogen) atoms. The van der Waals surface area contributed by atoms with E-state index in [-0.39, 0.29) is 11.4 Å². The quantitative estimate of drug-likeness (QED) is 0.550. The van der Waals surface area contributed by atoms with Gasteiger partial charge in [-0.15, -0.1) is 0 Å². The maximum Gasteiger partial charge on any atom is 0.211 e. The molecule has 0 bridgehead atoms. The third-order valence-electron chi connectivity index (χ3n) is 1.28. The lowest BCUT2D eigenvalue weighted by Crippen LogP contribution is -1.97. The molecule has 2 N–H and O–H groups in total. The number of benzene rings is 1. The van der Waals surface area contributed by atoms with Gasteiger partial charge in [-0.2, -0.15) is 0 Å². The molecule has 0 saturated heterocycles. The molecule has 0 saturated carbocycles. The van der Waals surface area contributed by atoms with Gasteiger partial charge in [0.1, 0.15) is 10.8 Å². The average molecular weight is 190 g/mol. The van der Waals surface area contributed by atoms with Crippen molar-refractivity contribution in [1.29, 1.82) is 0 Å². The SMILES string of the molecule is O=CNc1ccc(O)c(Cl)c1F. The molecule has 1 amide bonds. The van der Waals surface area contributed by atoms with Crippen LogP contribution in [0.2, 0.25) is 5.02 Å². The van der Waals surface area contributed by atoms with Gasteiger partial charge in [-0.3, -0.25) is 4.79 Å². The molecule has 3 nitrogen and oxygen atoms in total. The highest BCUT2D eigenvalue weighted by molar-refractivity contribution is 6.32. The van der Waals surface area contributed by atoms with Crippen LogP contribution in [0.1, 0.15) is 0 Å². The molecule has 0 heterocycles. The van der Waals surface area contributed by atoms with Gasteiger partial charge >= 0.3 is 0 Å². The molecule has 0 unspecified atom stereocenters. The number of amides is 1. The van der Waals surface area contributed by atoms with Crippen molar-refractivity contribution in [3.8, 4) is 5.75 Å². The Labute approximate surface area is 72.8 Å². The first-order valence-corrected chi connectivity index (χ1v) is 3.41. The molecule has 0 fully saturated rings. The Morgan fingerprint density at radius 2 is 2.25 bits per heavy atom. The van der Waals surface area contributed by atoms with Crippen LogP contribution < -0.4 is 5.32 Å². The summed E-state index contributed by atoms with van der Waals surface area (Å²) >= 11 is 5.34. The Balaban J connectivity index is 3.16. The van der Waals surface area contributed by atoms with E-state index >= 15 is 0 Å². The highest BCUT2D eigenvalue weighted by Gasteiger charge is 2.09. The molecule has 1 aromatic carbocycles. The summed E-state index contributed by atoms with van der Waals surface area (Å²) < 4.78 is 12.9. The summed E-state index contributed by atoms with van der Waals surface area (Å²) in [5.41, 5.74) is -0.0622. The molecule has 0 radical (unpaired) electrons. The minimum Gasteiger partial charge on any atom is -0.506 e. The zero-order valence-corrected chi connectivity index (χ0v) is 6.60. The third-order valence-corrected chi connectivity index (χ3v) is 1.64. The van der Waals surface area contributed by atoms with Crippen LogP contribution >= 0.6 is 11.6 Å². The van der Waals surface area contributed by atoms with E-state index in [2.05, 4.69) is 5.32 Å². The molecule has 1 rings (SSSR count). The topological polar surface area (TPSA) is 49.3 Å². The Morgan fingerprint density at radius 3 is 2.83 bits per heavy atom. The second kappa shape index (κ2) is 3.40. The average Bonchev–Trinajstić information content (AvgIpc) is 2.07. The van der Waals surface area contributed by atoms with Crippen molar-refractivity contribution in [1.82, 2.24) is 0 Å². The first kappa shape index (κ1) is 8.80. The highest BCUT2D eigenvalue weighted by atomic mass is 35.5. The van der Waals surface area contributed by atoms with Crippen molar-refractivity contribution in [2.75, 3.05) is 5.32 Å². The minimum atomic E-state index is -0.844. The number of hydrogen-bond donors (Lipinski definition) is 2. The lowest BCUT2D eigenvalue weighted by molar-refractivity contribution is -0.105. The number of phenols is 1. The van der Waals surface area contributed by atoms with Crippen molar-refractivity contribution in [3.63, 3.8) is 0 Å². The number of carbonyl (C=O) groups is 1. The van der Waals surface area contributed by atoms with Gasteiger partial charge in [-0.25, -0.2) is 4.39 Å². The van der Waals surface area contributed by atoms with Crippen molar-refractivity contribution in [2.24, 2.45) is 0 Å². The number of carbonyl (C=O) groups excluding carboxylic acids is 1. The van der Waals surface area contributed by atoms with Gasteiger partial charge in [0.25, 0.3) is 0 Å². The first-order chi connectivity index (χ1) is 5.66. The van der Waals surface area contributed by atoms with Gasteiger partial charge < -0.3 is 10.4 Å². The van der Waals surface area contributed by atoms with E-state index in [0.29, 0.717) is 6.41 Å². The molecular formula is C7H5ClFNO2. The zero-order chi connectivity index (χ0) is 9.14. The van der Waals surface area contributed by atoms with E-state index in [1.807, 2.05) is 0 Å². The predicted molar refractivity (Wildman–Crippen MR) is 42.8 cm³/mol. The van der Waals surface area contributed by atoms with E-state index in [9.17, 15) is 9.18 Å². The lowest BCUT2D eigenvalue weighted by Gasteiger charge is -2.03. The highest BCUT2D eigenvalue weighted by Crippen LogP contribution is 2.30. The number of anilines is 1. The standard InChI is InChI=1S/C7H5ClFNO2/c8-6-5(12)2-1-4(7(6)9)10-3-11/h1-3,12H,(H,10,11). The van der Waals surface area contributed by atoms with E-state index < -0.39 is 10.8 Å². The molecule has 0 atom stereocenters. The summed E-state index contributed by atoms with van der Waals surface area (Å²) in [5, 5.41) is 10.6. The van der Waals surface area contributed by atoms with Crippen molar-refractivity contribution in [2.45, 2.75) is 0 Å². The van der Waals surface area contributed by atoms with Gasteiger partial charge in [0.15, 0.2) is 5.82 Å². The molecule has 0 aliphatic carbocycles. The summed E-state index contributed by atoms with van der Waals surface area (Å²) in [7, 11) is 0. The summed E-state index contributed by atoms with van der Waals surface area (Å²) in [6.45, 7) is 0. The van der Waals surface area contributed by atoms with Crippen molar-refractivity contribution < 1.29 is 14.3 Å². The molecular weight excluding hydrogens is 185 g/mol. The fraction of sp³-hybridized carbons (Fsp3) is 0. The summed E-state index contributed by atoms with van der Waals surface area (Å²) in [5.74, 6) is -1.20. The Kier molecular flexibility index (Phi) is 2.50. The summed E-state index contributed by atoms with van der Waals surface area (Å²) in [6.07, 6.45) is 0.325. The van der Waals surface area contributed by atoms with Crippen LogP contribution in [0.3, 0.4) is 0 Å². The number of nitrogens with one attached hydrogen (secondary N) is 1. The monoisotopic (exact) mass is 189 g/mol. The normalized spacial score (nSPS) is 9.50. The summed E-state index contributed by atoms with van der Waals surface area (Å²) in [6, 6.07) is 2.40. The fourth-order valence-corrected chi connectivity index (χ4v) is 0.879. The van der Waals surface area contributed by atoms with E-state index in [0.717, 1.165) is 0 Å². The molecule has 0 aliphatic heterocycles. The largest absolute Gasteiger partial charge is 0.506 e. The fourth-order valence-electron chi connectivity index (χ4n) is 0.714. The van der Waals surface area contributed by atoms with Crippen molar-refractivity contribution in [3.05, 3.63) is 23.0 Å². The molecule has 64 valence electrons. The van der Waals surface area contributed by atoms with Crippen LogP contribution in [0.25, 0.3) is 0 Å². The molecule has 0 aliphatic rings. The Bertz CT molecular complexity index is 317. The van der Waals surface area contributed by atoms with Gasteiger partial charge in [-0.1, -0.05) is 11.6 Å². The number of aromatic hydroxyl groups is 1. The molecule has 1 aromatic rings. The van der Waals surface area contributed by atoms with Crippen LogP contribution in [-0.4, -0.2) is 11.5 Å². The molecule has 5 heteroatoms. The van der Waals surface area contributed by atoms with E-state index in [4.69, 9.17) is 16.7 Å². The van der Waals surface area contributed by atoms with Gasteiger partial charge in [0.05, 0.1) is 5.69 Å². The Morgan fingerprint density at radius 1 is 1.58 bits per heavy atom. The van der Waals surface area contributed by atoms with E-state index in [1.54, 1.807) is 0 Å². The maximum atomic E-state index is 12.9. The van der Waals surface area contributed by atoms with Gasteiger partial charge in [0, 0.05) is 0 Å². The maximum absolute atomic E-state index is 12.9. The predicted octanol–water partition coefficient (Wildman–Crippen LogP) is 1.75. The number of hydrogen-bond acceptors (Lipinski definition) is 2. The Hall–Kier alpha value is -1.29. The van der Waals surface area contributed by atoms with Crippen molar-refractivity contribution >= 4 is 23.7 Å².